The summed E-state index contributed by atoms with van der Waals surface area (Å²) in [6.45, 7) is 22.1. The van der Waals surface area contributed by atoms with Gasteiger partial charge in [0.05, 0.1) is 13.2 Å². The zero-order valence-corrected chi connectivity index (χ0v) is 26.8. The molecule has 1 aliphatic heterocycles. The predicted molar refractivity (Wildman–Crippen MR) is 167 cm³/mol. The number of hydrogen-bond acceptors (Lipinski definition) is 9. The minimum Gasteiger partial charge on any atom is -0.387 e. The van der Waals surface area contributed by atoms with E-state index in [1.807, 2.05) is 46.6 Å². The number of carbonyl (C=O) groups excluding carboxylic acids is 2. The number of nitrogens with two attached hydrogens (primary N) is 4. The molecular formula is C27H61ClN8O3. The Morgan fingerprint density at radius 1 is 1.00 bits per heavy atom. The van der Waals surface area contributed by atoms with E-state index in [9.17, 15) is 9.59 Å². The van der Waals surface area contributed by atoms with Crippen LogP contribution in [-0.4, -0.2) is 94.2 Å². The zero-order chi connectivity index (χ0) is 31.1. The van der Waals surface area contributed by atoms with Crippen molar-refractivity contribution in [1.82, 2.24) is 20.4 Å². The highest BCUT2D eigenvalue weighted by Crippen LogP contribution is 2.07. The number of rotatable bonds is 12. The van der Waals surface area contributed by atoms with E-state index in [1.165, 1.54) is 5.57 Å². The molecule has 0 spiro atoms. The van der Waals surface area contributed by atoms with Crippen LogP contribution in [0.3, 0.4) is 0 Å². The first-order valence-electron chi connectivity index (χ1n) is 14.1. The number of nitrogens with zero attached hydrogens (tertiary/aromatic N) is 2. The summed E-state index contributed by atoms with van der Waals surface area (Å²) in [5.41, 5.74) is 21.1. The standard InChI is InChI=1S/C11H19NO2.C10H24N4O.C2H6ClN3.2C2H6/c1-3-10(2)4-5-11(13)12-6-8-14-9-7-12;1-3-14(8-6-12-2)9-7-13-10(15)4-5-11;3-1(4)2(5)6;2*1-2/h3H,4-9H2,1-2H3;12H,3-9,11H2,1-2H3,(H,13,15);4-6H2;2*1-2H3/b10-3+;;;;. The van der Waals surface area contributed by atoms with Crippen LogP contribution in [0.5, 0.6) is 0 Å². The van der Waals surface area contributed by atoms with Gasteiger partial charge in [0.2, 0.25) is 11.8 Å². The topological polar surface area (TPSA) is 178 Å². The molecule has 1 saturated heterocycles. The number of morpholine rings is 1. The largest absolute Gasteiger partial charge is 0.387 e. The van der Waals surface area contributed by atoms with Crippen molar-refractivity contribution in [3.8, 4) is 0 Å². The number of nitrogens with one attached hydrogen (secondary N) is 2. The second-order valence-corrected chi connectivity index (χ2v) is 8.27. The van der Waals surface area contributed by atoms with E-state index >= 15 is 0 Å². The van der Waals surface area contributed by atoms with E-state index in [2.05, 4.69) is 35.5 Å². The highest BCUT2D eigenvalue weighted by Gasteiger charge is 2.15. The van der Waals surface area contributed by atoms with Gasteiger partial charge in [-0.3, -0.25) is 9.59 Å². The van der Waals surface area contributed by atoms with Crippen molar-refractivity contribution in [2.75, 3.05) is 72.6 Å². The van der Waals surface area contributed by atoms with Gasteiger partial charge in [0, 0.05) is 58.7 Å². The van der Waals surface area contributed by atoms with Crippen molar-refractivity contribution in [3.63, 3.8) is 0 Å². The van der Waals surface area contributed by atoms with E-state index in [-0.39, 0.29) is 22.8 Å². The molecule has 0 aromatic rings. The average Bonchev–Trinajstić information content (AvgIpc) is 2.96. The molecule has 11 nitrogen and oxygen atoms in total. The monoisotopic (exact) mass is 580 g/mol. The summed E-state index contributed by atoms with van der Waals surface area (Å²) in [5.74, 6) is 0.272. The Morgan fingerprint density at radius 2 is 1.51 bits per heavy atom. The molecule has 1 rings (SSSR count). The molecule has 0 saturated carbocycles. The smallest absolute Gasteiger partial charge is 0.223 e. The van der Waals surface area contributed by atoms with E-state index < -0.39 is 0 Å². The second kappa shape index (κ2) is 34.0. The first kappa shape index (κ1) is 44.0. The highest BCUT2D eigenvalue weighted by atomic mass is 35.5. The molecule has 0 unspecified atom stereocenters. The van der Waals surface area contributed by atoms with Gasteiger partial charge in [0.15, 0.2) is 0 Å². The summed E-state index contributed by atoms with van der Waals surface area (Å²) in [6.07, 6.45) is 4.00. The van der Waals surface area contributed by atoms with Gasteiger partial charge < -0.3 is 48.1 Å². The summed E-state index contributed by atoms with van der Waals surface area (Å²) >= 11 is 5.02. The van der Waals surface area contributed by atoms with Gasteiger partial charge in [-0.2, -0.15) is 0 Å². The Hall–Kier alpha value is -2.05. The molecule has 1 aliphatic rings. The summed E-state index contributed by atoms with van der Waals surface area (Å²) < 4.78 is 5.19. The molecule has 0 radical (unpaired) electrons. The summed E-state index contributed by atoms with van der Waals surface area (Å²) in [5, 5.41) is 5.90. The van der Waals surface area contributed by atoms with Crippen molar-refractivity contribution in [3.05, 3.63) is 22.6 Å². The molecule has 0 aromatic carbocycles. The fourth-order valence-corrected chi connectivity index (χ4v) is 2.69. The lowest BCUT2D eigenvalue weighted by atomic mass is 10.1. The average molecular weight is 581 g/mol. The minimum absolute atomic E-state index is 0.0309. The molecule has 234 valence electrons. The molecule has 1 fully saturated rings. The molecule has 0 aliphatic carbocycles. The Labute approximate surface area is 244 Å². The summed E-state index contributed by atoms with van der Waals surface area (Å²) in [6, 6.07) is 0. The number of halogens is 1. The first-order valence-corrected chi connectivity index (χ1v) is 14.5. The Balaban J connectivity index is -0.000000236. The van der Waals surface area contributed by atoms with E-state index in [0.717, 1.165) is 45.7 Å². The fourth-order valence-electron chi connectivity index (χ4n) is 2.69. The van der Waals surface area contributed by atoms with Gasteiger partial charge in [-0.1, -0.05) is 57.9 Å². The number of carbonyl (C=O) groups is 2. The number of hydrogen-bond donors (Lipinski definition) is 6. The van der Waals surface area contributed by atoms with Crippen molar-refractivity contribution in [2.45, 2.75) is 67.7 Å². The van der Waals surface area contributed by atoms with Gasteiger partial charge in [-0.05, 0) is 33.9 Å². The maximum absolute atomic E-state index is 11.7. The third-order valence-electron chi connectivity index (χ3n) is 5.11. The Morgan fingerprint density at radius 3 is 1.92 bits per heavy atom. The predicted octanol–water partition coefficient (Wildman–Crippen LogP) is 1.86. The molecule has 1 heterocycles. The maximum Gasteiger partial charge on any atom is 0.223 e. The molecule has 10 N–H and O–H groups in total. The normalized spacial score (nSPS) is 12.2. The Bertz CT molecular complexity index is 610. The van der Waals surface area contributed by atoms with Crippen LogP contribution < -0.4 is 33.6 Å². The van der Waals surface area contributed by atoms with Gasteiger partial charge in [-0.25, -0.2) is 0 Å². The third-order valence-corrected chi connectivity index (χ3v) is 5.33. The lowest BCUT2D eigenvalue weighted by Gasteiger charge is -2.26. The van der Waals surface area contributed by atoms with Gasteiger partial charge in [0.25, 0.3) is 0 Å². The van der Waals surface area contributed by atoms with Crippen LogP contribution in [-0.2, 0) is 14.3 Å². The van der Waals surface area contributed by atoms with Crippen LogP contribution in [0.25, 0.3) is 0 Å². The SMILES string of the molecule is C/C=C(\C)CCC(=O)N1CCOCC1.CC.CC.CCN(CCNC)CCNC(=O)CCN.NC(N)=C(N)Cl. The number of allylic oxidation sites excluding steroid dienone is 2. The lowest BCUT2D eigenvalue weighted by molar-refractivity contribution is -0.135. The quantitative estimate of drug-likeness (QED) is 0.148. The van der Waals surface area contributed by atoms with E-state index in [0.29, 0.717) is 39.1 Å². The third kappa shape index (κ3) is 32.1. The molecule has 0 bridgehead atoms. The number of likely N-dealkylation sites (N-methyl/N-ethyl adjacent to an activating group) is 2. The van der Waals surface area contributed by atoms with Crippen LogP contribution in [0.1, 0.15) is 67.7 Å². The second-order valence-electron chi connectivity index (χ2n) is 7.86. The number of ether oxygens (including phenoxy) is 1. The molecular weight excluding hydrogens is 520 g/mol. The van der Waals surface area contributed by atoms with Crippen LogP contribution >= 0.6 is 11.6 Å². The molecule has 2 amide bonds. The minimum atomic E-state index is -0.0463. The van der Waals surface area contributed by atoms with Gasteiger partial charge in [-0.15, -0.1) is 0 Å². The van der Waals surface area contributed by atoms with Gasteiger partial charge >= 0.3 is 0 Å². The summed E-state index contributed by atoms with van der Waals surface area (Å²) in [7, 11) is 1.94. The van der Waals surface area contributed by atoms with E-state index in [4.69, 9.17) is 39.3 Å². The lowest BCUT2D eigenvalue weighted by Crippen LogP contribution is -2.40. The first-order chi connectivity index (χ1) is 18.6. The maximum atomic E-state index is 11.7. The van der Waals surface area contributed by atoms with Crippen LogP contribution in [0.2, 0.25) is 0 Å². The van der Waals surface area contributed by atoms with Crippen molar-refractivity contribution in [1.29, 1.82) is 0 Å². The molecule has 12 heteroatoms. The van der Waals surface area contributed by atoms with Crippen molar-refractivity contribution < 1.29 is 14.3 Å². The van der Waals surface area contributed by atoms with Crippen molar-refractivity contribution >= 4 is 23.4 Å². The molecule has 0 atom stereocenters. The van der Waals surface area contributed by atoms with Gasteiger partial charge in [0.1, 0.15) is 11.0 Å². The van der Waals surface area contributed by atoms with Crippen LogP contribution in [0, 0.1) is 0 Å². The van der Waals surface area contributed by atoms with Crippen LogP contribution in [0.4, 0.5) is 0 Å². The number of amides is 2. The molecule has 0 aromatic heterocycles. The Kier molecular flexibility index (Phi) is 38.3. The van der Waals surface area contributed by atoms with E-state index in [1.54, 1.807) is 0 Å². The van der Waals surface area contributed by atoms with Crippen LogP contribution in [0.15, 0.2) is 22.6 Å². The summed E-state index contributed by atoms with van der Waals surface area (Å²) in [4.78, 5) is 27.0. The highest BCUT2D eigenvalue weighted by molar-refractivity contribution is 6.29. The zero-order valence-electron chi connectivity index (χ0n) is 26.1. The molecule has 39 heavy (non-hydrogen) atoms. The van der Waals surface area contributed by atoms with Crippen molar-refractivity contribution in [2.24, 2.45) is 22.9 Å². The fraction of sp³-hybridized carbons (Fsp3) is 0.778.